The predicted molar refractivity (Wildman–Crippen MR) is 80.0 cm³/mol. The van der Waals surface area contributed by atoms with Crippen molar-refractivity contribution in [2.75, 3.05) is 13.2 Å². The van der Waals surface area contributed by atoms with Crippen LogP contribution in [0.25, 0.3) is 11.5 Å². The van der Waals surface area contributed by atoms with Gasteiger partial charge in [-0.05, 0) is 41.4 Å². The number of nitrogens with two attached hydrogens (primary N) is 1. The van der Waals surface area contributed by atoms with Gasteiger partial charge in [0.05, 0.1) is 12.2 Å². The summed E-state index contributed by atoms with van der Waals surface area (Å²) in [5.41, 5.74) is 5.46. The van der Waals surface area contributed by atoms with Crippen LogP contribution in [0.1, 0.15) is 26.1 Å². The van der Waals surface area contributed by atoms with Gasteiger partial charge in [0.2, 0.25) is 0 Å². The summed E-state index contributed by atoms with van der Waals surface area (Å²) < 4.78 is 25.0. The van der Waals surface area contributed by atoms with Crippen molar-refractivity contribution >= 4 is 15.9 Å². The number of benzene rings is 1. The molecule has 2 N–H and O–H groups in total. The Morgan fingerprint density at radius 2 is 2.24 bits per heavy atom. The number of rotatable bonds is 6. The molecule has 2 aromatic rings. The molecule has 0 radical (unpaired) electrons. The van der Waals surface area contributed by atoms with E-state index in [9.17, 15) is 4.39 Å². The van der Waals surface area contributed by atoms with Gasteiger partial charge < -0.3 is 15.0 Å². The second kappa shape index (κ2) is 6.64. The van der Waals surface area contributed by atoms with Crippen LogP contribution in [0.5, 0.6) is 0 Å². The maximum absolute atomic E-state index is 13.9. The van der Waals surface area contributed by atoms with E-state index in [1.165, 1.54) is 6.07 Å². The Balaban J connectivity index is 2.25. The molecule has 1 unspecified atom stereocenters. The van der Waals surface area contributed by atoms with E-state index in [2.05, 4.69) is 26.1 Å². The highest BCUT2D eigenvalue weighted by Crippen LogP contribution is 2.30. The number of nitrogens with zero attached hydrogens (tertiary/aromatic N) is 2. The van der Waals surface area contributed by atoms with Crippen molar-refractivity contribution in [2.45, 2.75) is 25.8 Å². The Morgan fingerprint density at radius 1 is 1.48 bits per heavy atom. The minimum absolute atomic E-state index is 0.0853. The van der Waals surface area contributed by atoms with Crippen molar-refractivity contribution in [2.24, 2.45) is 5.73 Å². The molecule has 2 rings (SSSR count). The zero-order valence-electron chi connectivity index (χ0n) is 11.9. The molecule has 7 heteroatoms. The second-order valence-corrected chi connectivity index (χ2v) is 5.84. The first-order valence-corrected chi connectivity index (χ1v) is 7.40. The van der Waals surface area contributed by atoms with Crippen molar-refractivity contribution < 1.29 is 13.7 Å². The maximum Gasteiger partial charge on any atom is 0.262 e. The van der Waals surface area contributed by atoms with E-state index in [4.69, 9.17) is 15.0 Å². The molecule has 0 saturated heterocycles. The van der Waals surface area contributed by atoms with Crippen LogP contribution in [-0.2, 0) is 10.3 Å². The average molecular weight is 358 g/mol. The largest absolute Gasteiger partial charge is 0.379 e. The number of hydrogen-bond acceptors (Lipinski definition) is 5. The van der Waals surface area contributed by atoms with Crippen LogP contribution < -0.4 is 5.73 Å². The van der Waals surface area contributed by atoms with Crippen molar-refractivity contribution in [3.8, 4) is 11.5 Å². The van der Waals surface area contributed by atoms with E-state index in [0.717, 1.165) is 6.42 Å². The Labute approximate surface area is 130 Å². The topological polar surface area (TPSA) is 74.2 Å². The highest BCUT2D eigenvalue weighted by molar-refractivity contribution is 9.10. The summed E-state index contributed by atoms with van der Waals surface area (Å²) in [4.78, 5) is 4.20. The van der Waals surface area contributed by atoms with Crippen molar-refractivity contribution in [1.29, 1.82) is 0 Å². The first kappa shape index (κ1) is 16.1. The third kappa shape index (κ3) is 3.66. The molecule has 1 aromatic carbocycles. The number of hydrogen-bond donors (Lipinski definition) is 1. The van der Waals surface area contributed by atoms with Crippen LogP contribution in [0.2, 0.25) is 0 Å². The standard InChI is InChI=1S/C14H17BrFN3O2/c1-3-7-20-8-14(2,17)13-18-12(21-19-13)11-9(15)5-4-6-10(11)16/h4-6H,3,7-8,17H2,1-2H3. The molecule has 0 amide bonds. The summed E-state index contributed by atoms with van der Waals surface area (Å²) in [7, 11) is 0. The lowest BCUT2D eigenvalue weighted by Crippen LogP contribution is -2.39. The first-order chi connectivity index (χ1) is 9.95. The van der Waals surface area contributed by atoms with Gasteiger partial charge in [-0.25, -0.2) is 4.39 Å². The molecule has 21 heavy (non-hydrogen) atoms. The van der Waals surface area contributed by atoms with Crippen LogP contribution in [0, 0.1) is 5.82 Å². The number of ether oxygens (including phenoxy) is 1. The Hall–Kier alpha value is -1.31. The molecule has 1 heterocycles. The molecule has 0 saturated carbocycles. The molecule has 1 aromatic heterocycles. The van der Waals surface area contributed by atoms with E-state index < -0.39 is 11.4 Å². The maximum atomic E-state index is 13.9. The van der Waals surface area contributed by atoms with E-state index in [0.29, 0.717) is 11.1 Å². The normalized spacial score (nSPS) is 14.1. The summed E-state index contributed by atoms with van der Waals surface area (Å²) in [6, 6.07) is 4.62. The van der Waals surface area contributed by atoms with Gasteiger partial charge in [0, 0.05) is 11.1 Å². The number of halogens is 2. The SMILES string of the molecule is CCCOCC(C)(N)c1noc(-c2c(F)cccc2Br)n1. The Bertz CT molecular complexity index is 596. The molecule has 1 atom stereocenters. The van der Waals surface area contributed by atoms with Crippen LogP contribution >= 0.6 is 15.9 Å². The molecule has 0 bridgehead atoms. The lowest BCUT2D eigenvalue weighted by Gasteiger charge is -2.19. The Morgan fingerprint density at radius 3 is 2.90 bits per heavy atom. The lowest BCUT2D eigenvalue weighted by molar-refractivity contribution is 0.0867. The molecule has 0 aliphatic rings. The smallest absolute Gasteiger partial charge is 0.262 e. The highest BCUT2D eigenvalue weighted by atomic mass is 79.9. The van der Waals surface area contributed by atoms with E-state index in [1.807, 2.05) is 6.92 Å². The van der Waals surface area contributed by atoms with Gasteiger partial charge in [-0.1, -0.05) is 18.1 Å². The van der Waals surface area contributed by atoms with Crippen molar-refractivity contribution in [3.63, 3.8) is 0 Å². The fourth-order valence-electron chi connectivity index (χ4n) is 1.75. The quantitative estimate of drug-likeness (QED) is 0.803. The minimum Gasteiger partial charge on any atom is -0.379 e. The van der Waals surface area contributed by atoms with Crippen LogP contribution in [0.4, 0.5) is 4.39 Å². The summed E-state index contributed by atoms with van der Waals surface area (Å²) in [5.74, 6) is -0.0774. The number of aromatic nitrogens is 2. The fourth-order valence-corrected chi connectivity index (χ4v) is 2.26. The van der Waals surface area contributed by atoms with Crippen LogP contribution in [0.3, 0.4) is 0 Å². The molecular weight excluding hydrogens is 341 g/mol. The lowest BCUT2D eigenvalue weighted by atomic mass is 10.1. The van der Waals surface area contributed by atoms with Crippen LogP contribution in [0.15, 0.2) is 27.2 Å². The molecule has 5 nitrogen and oxygen atoms in total. The van der Waals surface area contributed by atoms with Gasteiger partial charge in [-0.3, -0.25) is 0 Å². The van der Waals surface area contributed by atoms with Crippen molar-refractivity contribution in [3.05, 3.63) is 34.3 Å². The van der Waals surface area contributed by atoms with E-state index in [1.54, 1.807) is 19.1 Å². The van der Waals surface area contributed by atoms with Crippen molar-refractivity contribution in [1.82, 2.24) is 10.1 Å². The second-order valence-electron chi connectivity index (χ2n) is 4.99. The van der Waals surface area contributed by atoms with Gasteiger partial charge in [-0.2, -0.15) is 4.98 Å². The average Bonchev–Trinajstić information content (AvgIpc) is 2.89. The van der Waals surface area contributed by atoms with Crippen LogP contribution in [-0.4, -0.2) is 23.4 Å². The third-order valence-corrected chi connectivity index (χ3v) is 3.52. The zero-order valence-corrected chi connectivity index (χ0v) is 13.5. The molecule has 0 fully saturated rings. The van der Waals surface area contributed by atoms with Gasteiger partial charge in [0.25, 0.3) is 5.89 Å². The van der Waals surface area contributed by atoms with Gasteiger partial charge >= 0.3 is 0 Å². The Kier molecular flexibility index (Phi) is 5.08. The molecule has 0 aliphatic carbocycles. The fraction of sp³-hybridized carbons (Fsp3) is 0.429. The summed E-state index contributed by atoms with van der Waals surface area (Å²) in [6.45, 7) is 4.62. The summed E-state index contributed by atoms with van der Waals surface area (Å²) in [5, 5.41) is 3.85. The molecule has 0 spiro atoms. The minimum atomic E-state index is -0.894. The zero-order chi connectivity index (χ0) is 15.5. The van der Waals surface area contributed by atoms with Gasteiger partial charge in [0.1, 0.15) is 11.4 Å². The van der Waals surface area contributed by atoms with E-state index in [-0.39, 0.29) is 23.9 Å². The molecule has 0 aliphatic heterocycles. The van der Waals surface area contributed by atoms with Gasteiger partial charge in [0.15, 0.2) is 5.82 Å². The van der Waals surface area contributed by atoms with Gasteiger partial charge in [-0.15, -0.1) is 0 Å². The molecular formula is C14H17BrFN3O2. The molecule has 114 valence electrons. The summed E-state index contributed by atoms with van der Waals surface area (Å²) >= 11 is 3.27. The highest BCUT2D eigenvalue weighted by Gasteiger charge is 2.29. The first-order valence-electron chi connectivity index (χ1n) is 6.61. The monoisotopic (exact) mass is 357 g/mol. The summed E-state index contributed by atoms with van der Waals surface area (Å²) in [6.07, 6.45) is 0.899. The third-order valence-electron chi connectivity index (χ3n) is 2.86. The predicted octanol–water partition coefficient (Wildman–Crippen LogP) is 3.24. The van der Waals surface area contributed by atoms with E-state index >= 15 is 0 Å².